The zero-order valence-corrected chi connectivity index (χ0v) is 17.7. The van der Waals surface area contributed by atoms with Crippen molar-refractivity contribution in [2.24, 2.45) is 11.8 Å². The monoisotopic (exact) mass is 394 g/mol. The lowest BCUT2D eigenvalue weighted by atomic mass is 9.92. The van der Waals surface area contributed by atoms with Crippen LogP contribution in [0.3, 0.4) is 0 Å². The molecule has 1 aliphatic heterocycles. The average molecular weight is 395 g/mol. The number of aryl methyl sites for hydroxylation is 1. The second-order valence-electron chi connectivity index (χ2n) is 7.77. The summed E-state index contributed by atoms with van der Waals surface area (Å²) in [4.78, 5) is 16.2. The first kappa shape index (κ1) is 19.6. The normalized spacial score (nSPS) is 23.1. The van der Waals surface area contributed by atoms with Crippen LogP contribution in [0.15, 0.2) is 0 Å². The Labute approximate surface area is 166 Å². The fourth-order valence-corrected chi connectivity index (χ4v) is 5.85. The minimum atomic E-state index is -0.211. The van der Waals surface area contributed by atoms with Gasteiger partial charge < -0.3 is 15.0 Å². The summed E-state index contributed by atoms with van der Waals surface area (Å²) in [5, 5.41) is 5.04. The van der Waals surface area contributed by atoms with E-state index in [2.05, 4.69) is 24.1 Å². The van der Waals surface area contributed by atoms with E-state index in [1.54, 1.807) is 11.3 Å². The molecule has 0 unspecified atom stereocenters. The molecule has 1 aromatic rings. The highest BCUT2D eigenvalue weighted by atomic mass is 32.1. The SMILES string of the molecule is CCOC(=O)c1c(NC(=S)N2C[C@H](C)C[C@H](C)C2)sc2c1CCCCC2. The Morgan fingerprint density at radius 2 is 1.92 bits per heavy atom. The van der Waals surface area contributed by atoms with E-state index in [1.165, 1.54) is 29.7 Å². The van der Waals surface area contributed by atoms with Crippen LogP contribution in [0.2, 0.25) is 0 Å². The van der Waals surface area contributed by atoms with E-state index in [-0.39, 0.29) is 5.97 Å². The minimum Gasteiger partial charge on any atom is -0.462 e. The summed E-state index contributed by atoms with van der Waals surface area (Å²) in [6.45, 7) is 8.78. The van der Waals surface area contributed by atoms with Gasteiger partial charge in [0, 0.05) is 18.0 Å². The summed E-state index contributed by atoms with van der Waals surface area (Å²) in [7, 11) is 0. The van der Waals surface area contributed by atoms with Crippen molar-refractivity contribution in [2.75, 3.05) is 25.0 Å². The zero-order chi connectivity index (χ0) is 18.7. The number of piperidine rings is 1. The average Bonchev–Trinajstić information content (AvgIpc) is 2.75. The summed E-state index contributed by atoms with van der Waals surface area (Å²) in [5.41, 5.74) is 1.92. The van der Waals surface area contributed by atoms with Gasteiger partial charge >= 0.3 is 5.97 Å². The van der Waals surface area contributed by atoms with Gasteiger partial charge in [0.15, 0.2) is 5.11 Å². The minimum absolute atomic E-state index is 0.211. The fourth-order valence-electron chi connectivity index (χ4n) is 4.25. The summed E-state index contributed by atoms with van der Waals surface area (Å²) in [6.07, 6.45) is 6.84. The lowest BCUT2D eigenvalue weighted by molar-refractivity contribution is 0.0527. The number of hydrogen-bond donors (Lipinski definition) is 1. The van der Waals surface area contributed by atoms with Crippen molar-refractivity contribution >= 4 is 39.6 Å². The third-order valence-electron chi connectivity index (χ3n) is 5.28. The van der Waals surface area contributed by atoms with E-state index in [0.717, 1.165) is 48.0 Å². The Morgan fingerprint density at radius 3 is 2.62 bits per heavy atom. The number of carbonyl (C=O) groups is 1. The van der Waals surface area contributed by atoms with Gasteiger partial charge in [-0.25, -0.2) is 4.79 Å². The predicted octanol–water partition coefficient (Wildman–Crippen LogP) is 4.87. The highest BCUT2D eigenvalue weighted by Crippen LogP contribution is 2.38. The van der Waals surface area contributed by atoms with E-state index in [9.17, 15) is 4.79 Å². The second-order valence-corrected chi connectivity index (χ2v) is 9.26. The van der Waals surface area contributed by atoms with Crippen molar-refractivity contribution in [1.29, 1.82) is 0 Å². The molecule has 2 aliphatic rings. The number of rotatable bonds is 3. The topological polar surface area (TPSA) is 41.6 Å². The molecule has 3 rings (SSSR count). The van der Waals surface area contributed by atoms with Crippen LogP contribution in [0.25, 0.3) is 0 Å². The van der Waals surface area contributed by atoms with E-state index >= 15 is 0 Å². The molecule has 1 aromatic heterocycles. The summed E-state index contributed by atoms with van der Waals surface area (Å²) in [6, 6.07) is 0. The molecule has 144 valence electrons. The first-order valence-electron chi connectivity index (χ1n) is 9.87. The molecule has 2 atom stereocenters. The van der Waals surface area contributed by atoms with Gasteiger partial charge in [-0.05, 0) is 68.6 Å². The van der Waals surface area contributed by atoms with Crippen LogP contribution in [0.4, 0.5) is 5.00 Å². The number of esters is 1. The Morgan fingerprint density at radius 1 is 1.23 bits per heavy atom. The van der Waals surface area contributed by atoms with E-state index < -0.39 is 0 Å². The number of nitrogens with zero attached hydrogens (tertiary/aromatic N) is 1. The maximum absolute atomic E-state index is 12.7. The highest BCUT2D eigenvalue weighted by Gasteiger charge is 2.28. The van der Waals surface area contributed by atoms with Crippen LogP contribution in [-0.4, -0.2) is 35.7 Å². The van der Waals surface area contributed by atoms with Crippen LogP contribution in [0.1, 0.15) is 67.3 Å². The number of carbonyl (C=O) groups excluding carboxylic acids is 1. The number of anilines is 1. The molecule has 1 fully saturated rings. The number of nitrogens with one attached hydrogen (secondary N) is 1. The Balaban J connectivity index is 1.84. The molecule has 0 aromatic carbocycles. The lowest BCUT2D eigenvalue weighted by Crippen LogP contribution is -2.44. The van der Waals surface area contributed by atoms with E-state index in [0.29, 0.717) is 18.4 Å². The molecule has 0 amide bonds. The van der Waals surface area contributed by atoms with Gasteiger partial charge in [0.2, 0.25) is 0 Å². The van der Waals surface area contributed by atoms with Gasteiger partial charge in [0.1, 0.15) is 5.00 Å². The molecular formula is C20H30N2O2S2. The molecule has 26 heavy (non-hydrogen) atoms. The Kier molecular flexibility index (Phi) is 6.56. The van der Waals surface area contributed by atoms with Crippen molar-refractivity contribution in [2.45, 2.75) is 59.3 Å². The number of likely N-dealkylation sites (tertiary alicyclic amines) is 1. The number of ether oxygens (including phenoxy) is 1. The van der Waals surface area contributed by atoms with Crippen molar-refractivity contribution < 1.29 is 9.53 Å². The molecule has 0 spiro atoms. The molecule has 2 heterocycles. The maximum Gasteiger partial charge on any atom is 0.341 e. The first-order valence-corrected chi connectivity index (χ1v) is 11.1. The summed E-state index contributed by atoms with van der Waals surface area (Å²) >= 11 is 7.41. The molecule has 0 saturated carbocycles. The maximum atomic E-state index is 12.7. The van der Waals surface area contributed by atoms with Gasteiger partial charge in [0.25, 0.3) is 0 Å². The largest absolute Gasteiger partial charge is 0.462 e. The molecule has 6 heteroatoms. The van der Waals surface area contributed by atoms with Crippen molar-refractivity contribution in [3.8, 4) is 0 Å². The zero-order valence-electron chi connectivity index (χ0n) is 16.1. The third kappa shape index (κ3) is 4.39. The quantitative estimate of drug-likeness (QED) is 0.450. The Hall–Kier alpha value is -1.14. The molecule has 0 bridgehead atoms. The van der Waals surface area contributed by atoms with Gasteiger partial charge in [0.05, 0.1) is 12.2 Å². The molecule has 0 radical (unpaired) electrons. The number of thiophene rings is 1. The van der Waals surface area contributed by atoms with Gasteiger partial charge in [-0.2, -0.15) is 0 Å². The van der Waals surface area contributed by atoms with Crippen LogP contribution >= 0.6 is 23.6 Å². The standard InChI is InChI=1S/C20H30N2O2S2/c1-4-24-19(23)17-15-8-6-5-7-9-16(15)26-18(17)21-20(25)22-11-13(2)10-14(3)12-22/h13-14H,4-12H2,1-3H3,(H,21,25)/t13-,14+. The molecule has 1 N–H and O–H groups in total. The van der Waals surface area contributed by atoms with Gasteiger partial charge in [-0.15, -0.1) is 11.3 Å². The molecular weight excluding hydrogens is 364 g/mol. The van der Waals surface area contributed by atoms with Crippen molar-refractivity contribution in [1.82, 2.24) is 4.90 Å². The molecule has 1 aliphatic carbocycles. The van der Waals surface area contributed by atoms with E-state index in [4.69, 9.17) is 17.0 Å². The van der Waals surface area contributed by atoms with Crippen molar-refractivity contribution in [3.63, 3.8) is 0 Å². The van der Waals surface area contributed by atoms with Crippen LogP contribution in [0, 0.1) is 11.8 Å². The van der Waals surface area contributed by atoms with Crippen LogP contribution in [0.5, 0.6) is 0 Å². The van der Waals surface area contributed by atoms with Crippen LogP contribution < -0.4 is 5.32 Å². The Bertz CT molecular complexity index is 661. The van der Waals surface area contributed by atoms with E-state index in [1.807, 2.05) is 6.92 Å². The predicted molar refractivity (Wildman–Crippen MR) is 112 cm³/mol. The summed E-state index contributed by atoms with van der Waals surface area (Å²) < 4.78 is 5.37. The van der Waals surface area contributed by atoms with Crippen LogP contribution in [-0.2, 0) is 17.6 Å². The first-order chi connectivity index (χ1) is 12.5. The lowest BCUT2D eigenvalue weighted by Gasteiger charge is -2.36. The third-order valence-corrected chi connectivity index (χ3v) is 6.84. The molecule has 4 nitrogen and oxygen atoms in total. The summed E-state index contributed by atoms with van der Waals surface area (Å²) in [5.74, 6) is 1.07. The number of fused-ring (bicyclic) bond motifs is 1. The van der Waals surface area contributed by atoms with Gasteiger partial charge in [-0.3, -0.25) is 0 Å². The molecule has 1 saturated heterocycles. The number of hydrogen-bond acceptors (Lipinski definition) is 4. The second kappa shape index (κ2) is 8.70. The van der Waals surface area contributed by atoms with Crippen molar-refractivity contribution in [3.05, 3.63) is 16.0 Å². The fraction of sp³-hybridized carbons (Fsp3) is 0.700. The number of thiocarbonyl (C=S) groups is 1. The van der Waals surface area contributed by atoms with Gasteiger partial charge in [-0.1, -0.05) is 20.3 Å². The smallest absolute Gasteiger partial charge is 0.341 e. The highest BCUT2D eigenvalue weighted by molar-refractivity contribution is 7.80.